The van der Waals surface area contributed by atoms with Gasteiger partial charge in [-0.25, -0.2) is 4.39 Å². The van der Waals surface area contributed by atoms with Crippen molar-refractivity contribution in [1.82, 2.24) is 15.1 Å². The number of nitrogens with zero attached hydrogens (tertiary/aromatic N) is 2. The normalized spacial score (nSPS) is 17.1. The van der Waals surface area contributed by atoms with Gasteiger partial charge in [0.2, 0.25) is 5.91 Å². The van der Waals surface area contributed by atoms with Crippen LogP contribution in [0.5, 0.6) is 5.75 Å². The smallest absolute Gasteiger partial charge is 0.251 e. The molecular formula is C33H38FN3O3. The third-order valence-electron chi connectivity index (χ3n) is 7.49. The van der Waals surface area contributed by atoms with Crippen LogP contribution >= 0.6 is 0 Å². The van der Waals surface area contributed by atoms with E-state index in [9.17, 15) is 14.0 Å². The molecule has 1 aliphatic rings. The Morgan fingerprint density at radius 3 is 2.45 bits per heavy atom. The van der Waals surface area contributed by atoms with E-state index in [0.717, 1.165) is 5.56 Å². The summed E-state index contributed by atoms with van der Waals surface area (Å²) in [7, 11) is 0. The van der Waals surface area contributed by atoms with Gasteiger partial charge in [0, 0.05) is 44.3 Å². The summed E-state index contributed by atoms with van der Waals surface area (Å²) < 4.78 is 20.9. The lowest BCUT2D eigenvalue weighted by Gasteiger charge is -2.40. The highest BCUT2D eigenvalue weighted by atomic mass is 19.1. The van der Waals surface area contributed by atoms with Crippen molar-refractivity contribution in [1.29, 1.82) is 0 Å². The fourth-order valence-corrected chi connectivity index (χ4v) is 4.99. The molecule has 0 aromatic heterocycles. The topological polar surface area (TPSA) is 61.9 Å². The number of rotatable bonds is 10. The molecule has 1 aliphatic heterocycles. The second-order valence-electron chi connectivity index (χ2n) is 10.5. The summed E-state index contributed by atoms with van der Waals surface area (Å²) in [6.45, 7) is 12.4. The summed E-state index contributed by atoms with van der Waals surface area (Å²) in [6, 6.07) is 22.3. The molecule has 3 aromatic carbocycles. The first-order chi connectivity index (χ1) is 19.2. The highest BCUT2D eigenvalue weighted by Crippen LogP contribution is 2.26. The molecule has 3 atom stereocenters. The first-order valence-electron chi connectivity index (χ1n) is 13.8. The van der Waals surface area contributed by atoms with E-state index in [1.165, 1.54) is 17.7 Å². The van der Waals surface area contributed by atoms with Crippen LogP contribution in [0.15, 0.2) is 85.5 Å². The van der Waals surface area contributed by atoms with Crippen LogP contribution in [-0.4, -0.2) is 60.4 Å². The Morgan fingerprint density at radius 2 is 1.80 bits per heavy atom. The zero-order valence-electron chi connectivity index (χ0n) is 23.5. The van der Waals surface area contributed by atoms with Crippen LogP contribution < -0.4 is 10.1 Å². The molecule has 210 valence electrons. The standard InChI is InChI=1S/C33H38FN3O3/c1-5-32(38)37-18-17-36(21-25(37)4)22-31(28-12-11-23(2)30(34)19-28)40-29-15-13-27(14-16-29)33(39)35-20-24(3)26-9-7-6-8-10-26/h5-16,19,24-25,31H,1,17-18,20-22H2,2-4H3,(H,35,39)/t24-,25-,31+/m1/s1. The number of carbonyl (C=O) groups is 2. The molecule has 1 N–H and O–H groups in total. The number of nitrogens with one attached hydrogen (secondary N) is 1. The molecule has 1 heterocycles. The maximum Gasteiger partial charge on any atom is 0.251 e. The molecule has 0 bridgehead atoms. The Labute approximate surface area is 236 Å². The van der Waals surface area contributed by atoms with E-state index in [0.29, 0.717) is 49.6 Å². The number of benzene rings is 3. The zero-order chi connectivity index (χ0) is 28.6. The van der Waals surface area contributed by atoms with Gasteiger partial charge in [-0.1, -0.05) is 56.0 Å². The van der Waals surface area contributed by atoms with E-state index in [-0.39, 0.29) is 29.6 Å². The van der Waals surface area contributed by atoms with E-state index in [1.807, 2.05) is 36.1 Å². The number of hydrogen-bond donors (Lipinski definition) is 1. The lowest BCUT2D eigenvalue weighted by atomic mass is 10.0. The van der Waals surface area contributed by atoms with Gasteiger partial charge in [0.25, 0.3) is 5.91 Å². The van der Waals surface area contributed by atoms with Crippen molar-refractivity contribution in [3.63, 3.8) is 0 Å². The van der Waals surface area contributed by atoms with Gasteiger partial charge in [0.05, 0.1) is 0 Å². The Hall–Kier alpha value is -3.97. The number of amides is 2. The largest absolute Gasteiger partial charge is 0.484 e. The highest BCUT2D eigenvalue weighted by molar-refractivity contribution is 5.94. The summed E-state index contributed by atoms with van der Waals surface area (Å²) >= 11 is 0. The molecule has 0 aliphatic carbocycles. The van der Waals surface area contributed by atoms with Crippen molar-refractivity contribution in [2.45, 2.75) is 38.8 Å². The van der Waals surface area contributed by atoms with Crippen molar-refractivity contribution in [2.75, 3.05) is 32.7 Å². The van der Waals surface area contributed by atoms with Gasteiger partial charge in [0.1, 0.15) is 17.7 Å². The maximum atomic E-state index is 14.5. The van der Waals surface area contributed by atoms with E-state index >= 15 is 0 Å². The predicted molar refractivity (Wildman–Crippen MR) is 156 cm³/mol. The SMILES string of the molecule is C=CC(=O)N1CCN(C[C@H](Oc2ccc(C(=O)NC[C@@H](C)c3ccccc3)cc2)c2ccc(C)c(F)c2)C[C@H]1C. The molecule has 1 fully saturated rings. The molecule has 6 nitrogen and oxygen atoms in total. The molecule has 7 heteroatoms. The lowest BCUT2D eigenvalue weighted by Crippen LogP contribution is -2.54. The molecule has 0 saturated carbocycles. The summed E-state index contributed by atoms with van der Waals surface area (Å²) in [5, 5.41) is 3.01. The van der Waals surface area contributed by atoms with Gasteiger partial charge >= 0.3 is 0 Å². The molecule has 0 unspecified atom stereocenters. The van der Waals surface area contributed by atoms with Crippen LogP contribution in [0.2, 0.25) is 0 Å². The fraction of sp³-hybridized carbons (Fsp3) is 0.333. The van der Waals surface area contributed by atoms with Gasteiger partial charge in [-0.05, 0) is 72.9 Å². The van der Waals surface area contributed by atoms with Crippen molar-refractivity contribution in [3.8, 4) is 5.75 Å². The first kappa shape index (κ1) is 29.0. The molecule has 2 amide bonds. The monoisotopic (exact) mass is 543 g/mol. The average molecular weight is 544 g/mol. The number of ether oxygens (including phenoxy) is 1. The summed E-state index contributed by atoms with van der Waals surface area (Å²) in [5.74, 6) is 0.292. The van der Waals surface area contributed by atoms with Crippen molar-refractivity contribution in [3.05, 3.63) is 114 Å². The summed E-state index contributed by atoms with van der Waals surface area (Å²) in [4.78, 5) is 29.0. The Balaban J connectivity index is 1.42. The third-order valence-corrected chi connectivity index (χ3v) is 7.49. The van der Waals surface area contributed by atoms with Crippen LogP contribution in [0.25, 0.3) is 0 Å². The molecule has 0 spiro atoms. The zero-order valence-corrected chi connectivity index (χ0v) is 23.5. The molecular weight excluding hydrogens is 505 g/mol. The second-order valence-corrected chi connectivity index (χ2v) is 10.5. The van der Waals surface area contributed by atoms with Crippen molar-refractivity contribution < 1.29 is 18.7 Å². The van der Waals surface area contributed by atoms with Crippen LogP contribution in [0.4, 0.5) is 4.39 Å². The quantitative estimate of drug-likeness (QED) is 0.343. The van der Waals surface area contributed by atoms with Gasteiger partial charge < -0.3 is 15.0 Å². The number of aryl methyl sites for hydroxylation is 1. The minimum absolute atomic E-state index is 0.0251. The van der Waals surface area contributed by atoms with E-state index in [1.54, 1.807) is 37.3 Å². The minimum Gasteiger partial charge on any atom is -0.484 e. The first-order valence-corrected chi connectivity index (χ1v) is 13.8. The van der Waals surface area contributed by atoms with E-state index in [4.69, 9.17) is 4.74 Å². The van der Waals surface area contributed by atoms with Crippen LogP contribution in [0.1, 0.15) is 52.9 Å². The molecule has 40 heavy (non-hydrogen) atoms. The van der Waals surface area contributed by atoms with E-state index < -0.39 is 6.10 Å². The molecule has 1 saturated heterocycles. The average Bonchev–Trinajstić information content (AvgIpc) is 2.97. The Kier molecular flexibility index (Phi) is 9.72. The number of halogens is 1. The minimum atomic E-state index is -0.435. The van der Waals surface area contributed by atoms with Crippen molar-refractivity contribution in [2.24, 2.45) is 0 Å². The predicted octanol–water partition coefficient (Wildman–Crippen LogP) is 5.51. The number of carbonyl (C=O) groups excluding carboxylic acids is 2. The van der Waals surface area contributed by atoms with Crippen LogP contribution in [-0.2, 0) is 4.79 Å². The Bertz CT molecular complexity index is 1310. The summed E-state index contributed by atoms with van der Waals surface area (Å²) in [5.41, 5.74) is 3.03. The molecule has 0 radical (unpaired) electrons. The number of piperazine rings is 1. The highest BCUT2D eigenvalue weighted by Gasteiger charge is 2.28. The number of hydrogen-bond acceptors (Lipinski definition) is 4. The summed E-state index contributed by atoms with van der Waals surface area (Å²) in [6.07, 6.45) is 0.913. The van der Waals surface area contributed by atoms with Gasteiger partial charge in [-0.3, -0.25) is 14.5 Å². The maximum absolute atomic E-state index is 14.5. The Morgan fingerprint density at radius 1 is 1.07 bits per heavy atom. The van der Waals surface area contributed by atoms with Crippen molar-refractivity contribution >= 4 is 11.8 Å². The molecule has 4 rings (SSSR count). The van der Waals surface area contributed by atoms with Crippen LogP contribution in [0, 0.1) is 12.7 Å². The fourth-order valence-electron chi connectivity index (χ4n) is 4.99. The molecule has 3 aromatic rings. The van der Waals surface area contributed by atoms with Gasteiger partial charge in [-0.15, -0.1) is 0 Å². The van der Waals surface area contributed by atoms with Crippen LogP contribution in [0.3, 0.4) is 0 Å². The third kappa shape index (κ3) is 7.36. The van der Waals surface area contributed by atoms with Gasteiger partial charge in [-0.2, -0.15) is 0 Å². The lowest BCUT2D eigenvalue weighted by molar-refractivity contribution is -0.130. The van der Waals surface area contributed by atoms with E-state index in [2.05, 4.69) is 35.9 Å². The second kappa shape index (κ2) is 13.4. The van der Waals surface area contributed by atoms with Gasteiger partial charge in [0.15, 0.2) is 0 Å².